The highest BCUT2D eigenvalue weighted by atomic mass is 15.2. The second-order valence-corrected chi connectivity index (χ2v) is 16.9. The van der Waals surface area contributed by atoms with Gasteiger partial charge in [0.25, 0.3) is 0 Å². The van der Waals surface area contributed by atoms with Crippen LogP contribution in [0.1, 0.15) is 68.8 Å². The Bertz CT molecular complexity index is 3610. The van der Waals surface area contributed by atoms with E-state index in [9.17, 15) is 9.60 Å². The van der Waals surface area contributed by atoms with Gasteiger partial charge in [-0.05, 0) is 125 Å². The number of rotatable bonds is 6. The summed E-state index contributed by atoms with van der Waals surface area (Å²) in [7, 11) is 0. The molecule has 290 valence electrons. The lowest BCUT2D eigenvalue weighted by molar-refractivity contribution is 0.659. The Hall–Kier alpha value is -7.22. The first-order valence-electron chi connectivity index (χ1n) is 24.6. The topological polar surface area (TPSA) is 3.24 Å². The third kappa shape index (κ3) is 5.26. The number of hydrogen-bond donors (Lipinski definition) is 0. The number of benzene rings is 9. The van der Waals surface area contributed by atoms with Crippen LogP contribution < -0.4 is 4.90 Å². The molecule has 9 aromatic carbocycles. The van der Waals surface area contributed by atoms with Crippen LogP contribution in [0.4, 0.5) is 11.4 Å². The molecule has 0 amide bonds. The van der Waals surface area contributed by atoms with Gasteiger partial charge in [0.15, 0.2) is 0 Å². The monoisotopic (exact) mass is 786 g/mol. The zero-order chi connectivity index (χ0) is 46.8. The molecule has 12 rings (SSSR count). The summed E-state index contributed by atoms with van der Waals surface area (Å²) >= 11 is 0. The molecule has 0 bridgehead atoms. The second kappa shape index (κ2) is 13.7. The van der Waals surface area contributed by atoms with Crippen molar-refractivity contribution >= 4 is 38.5 Å². The van der Waals surface area contributed by atoms with Gasteiger partial charge >= 0.3 is 0 Å². The predicted molar refractivity (Wildman–Crippen MR) is 257 cm³/mol. The maximum atomic E-state index is 10.7. The Morgan fingerprint density at radius 3 is 1.87 bits per heavy atom. The van der Waals surface area contributed by atoms with Crippen molar-refractivity contribution < 1.29 is 9.60 Å². The van der Waals surface area contributed by atoms with E-state index in [1.165, 1.54) is 0 Å². The Morgan fingerprint density at radius 2 is 1.11 bits per heavy atom. The zero-order valence-corrected chi connectivity index (χ0v) is 33.9. The average molecular weight is 787 g/mol. The van der Waals surface area contributed by atoms with Crippen LogP contribution in [0.2, 0.25) is 0 Å². The molecule has 2 unspecified atom stereocenters. The minimum Gasteiger partial charge on any atom is -0.334 e. The number of fused-ring (bicyclic) bond motifs is 9. The first-order valence-corrected chi connectivity index (χ1v) is 21.1. The van der Waals surface area contributed by atoms with E-state index in [0.29, 0.717) is 22.4 Å². The predicted octanol–water partition coefficient (Wildman–Crippen LogP) is 15.2. The minimum atomic E-state index is -1.44. The largest absolute Gasteiger partial charge is 0.334 e. The Morgan fingerprint density at radius 1 is 0.508 bits per heavy atom. The van der Waals surface area contributed by atoms with Crippen LogP contribution in [0, 0.1) is 0 Å². The number of anilines is 2. The fourth-order valence-electron chi connectivity index (χ4n) is 10.5. The smallest absolute Gasteiger partial charge is 0.0714 e. The lowest BCUT2D eigenvalue weighted by atomic mass is 9.67. The highest BCUT2D eigenvalue weighted by molar-refractivity contribution is 6.12. The third-order valence-electron chi connectivity index (χ3n) is 13.3. The molecule has 0 aliphatic heterocycles. The highest BCUT2D eigenvalue weighted by Crippen LogP contribution is 2.57. The summed E-state index contributed by atoms with van der Waals surface area (Å²) in [4.78, 5) is 1.70. The molecular formula is C60H45N. The molecule has 1 heteroatoms. The molecule has 0 aromatic heterocycles. The molecule has 3 aliphatic rings. The molecule has 1 nitrogen and oxygen atoms in total. The summed E-state index contributed by atoms with van der Waals surface area (Å²) in [5.41, 5.74) is 8.67. The van der Waals surface area contributed by atoms with Crippen molar-refractivity contribution in [3.05, 3.63) is 257 Å². The van der Waals surface area contributed by atoms with Gasteiger partial charge < -0.3 is 4.90 Å². The first kappa shape index (κ1) is 29.1. The number of nitrogens with zero attached hydrogens (tertiary/aromatic N) is 1. The van der Waals surface area contributed by atoms with Gasteiger partial charge in [0, 0.05) is 18.2 Å². The molecular weight excluding hydrogens is 735 g/mol. The molecule has 2 atom stereocenters. The van der Waals surface area contributed by atoms with Crippen molar-refractivity contribution in [2.75, 3.05) is 4.90 Å². The fraction of sp³-hybridized carbons (Fsp3) is 0.100. The number of allylic oxidation sites excluding steroid dienone is 2. The minimum absolute atomic E-state index is 0.0127. The standard InChI is InChI=1S/C60H45N/c1-59(2)55-27-15-13-25-50(55)52-35-33-45(38-57(52)59)61(44-31-29-40(30-32-44)54-37-41-17-9-10-22-47(41)48-23-11-12-24-49(48)54)46-34-36-53-51-26-14-16-28-56(51)60(58(53)39-46,42-18-5-3-6-19-42)43-20-7-4-8-21-43/h3-31,33-39,44H,32H2,1-2H3/i29D,30D,31D,32D,34D,36D,39D. The Kier molecular flexibility index (Phi) is 6.51. The fourth-order valence-corrected chi connectivity index (χ4v) is 10.5. The van der Waals surface area contributed by atoms with Gasteiger partial charge in [0.2, 0.25) is 0 Å². The van der Waals surface area contributed by atoms with Gasteiger partial charge in [-0.2, -0.15) is 0 Å². The van der Waals surface area contributed by atoms with Crippen molar-refractivity contribution in [3.8, 4) is 22.3 Å². The lowest BCUT2D eigenvalue weighted by Crippen LogP contribution is -2.32. The van der Waals surface area contributed by atoms with Crippen LogP contribution in [0.5, 0.6) is 0 Å². The molecule has 0 saturated carbocycles. The average Bonchev–Trinajstić information content (AvgIpc) is 3.81. The first-order chi connectivity index (χ1) is 33.0. The van der Waals surface area contributed by atoms with E-state index >= 15 is 0 Å². The van der Waals surface area contributed by atoms with E-state index in [1.54, 1.807) is 4.90 Å². The van der Waals surface area contributed by atoms with Crippen LogP contribution in [-0.2, 0) is 10.8 Å². The number of hydrogen-bond acceptors (Lipinski definition) is 1. The Labute approximate surface area is 368 Å². The van der Waals surface area contributed by atoms with E-state index in [4.69, 9.17) is 0 Å². The summed E-state index contributed by atoms with van der Waals surface area (Å²) in [6, 6.07) is 58.1. The van der Waals surface area contributed by atoms with E-state index < -0.39 is 23.3 Å². The lowest BCUT2D eigenvalue weighted by Gasteiger charge is -2.37. The molecule has 0 N–H and O–H groups in total. The zero-order valence-electron chi connectivity index (χ0n) is 40.9. The quantitative estimate of drug-likeness (QED) is 0.152. The van der Waals surface area contributed by atoms with Crippen molar-refractivity contribution in [3.63, 3.8) is 0 Å². The van der Waals surface area contributed by atoms with Crippen LogP contribution in [-0.4, -0.2) is 6.04 Å². The van der Waals surface area contributed by atoms with E-state index in [2.05, 4.69) is 62.4 Å². The Balaban J connectivity index is 1.16. The van der Waals surface area contributed by atoms with Crippen molar-refractivity contribution in [2.45, 2.75) is 37.1 Å². The molecule has 0 fully saturated rings. The molecule has 0 saturated heterocycles. The molecule has 0 radical (unpaired) electrons. The van der Waals surface area contributed by atoms with Crippen LogP contribution in [0.3, 0.4) is 0 Å². The van der Waals surface area contributed by atoms with Gasteiger partial charge in [-0.3, -0.25) is 0 Å². The SMILES string of the molecule is [2H]C1=C([2H])C(N(c2ccc3c(c2)C(C)(C)c2ccccc2-3)c2c([2H])c([2H])c3c(c2[2H])C(c2ccccc2)(c2ccccc2)c2ccccc2-3)C([2H])C([2H])=C1c1cc2ccccc2c2ccccc12. The molecule has 61 heavy (non-hydrogen) atoms. The van der Waals surface area contributed by atoms with Crippen molar-refractivity contribution in [2.24, 2.45) is 0 Å². The van der Waals surface area contributed by atoms with Gasteiger partial charge in [-0.15, -0.1) is 0 Å². The normalized spacial score (nSPS) is 19.7. The summed E-state index contributed by atoms with van der Waals surface area (Å²) in [5, 5.41) is 3.73. The maximum absolute atomic E-state index is 10.7. The van der Waals surface area contributed by atoms with Gasteiger partial charge in [0.1, 0.15) is 0 Å². The highest BCUT2D eigenvalue weighted by Gasteiger charge is 2.46. The van der Waals surface area contributed by atoms with Crippen molar-refractivity contribution in [1.29, 1.82) is 0 Å². The van der Waals surface area contributed by atoms with Crippen molar-refractivity contribution in [1.82, 2.24) is 0 Å². The summed E-state index contributed by atoms with van der Waals surface area (Å²) in [5.74, 6) is 0. The van der Waals surface area contributed by atoms with Crippen LogP contribution in [0.25, 0.3) is 49.4 Å². The van der Waals surface area contributed by atoms with Crippen LogP contribution in [0.15, 0.2) is 218 Å². The van der Waals surface area contributed by atoms with Gasteiger partial charge in [0.05, 0.1) is 19.7 Å². The maximum Gasteiger partial charge on any atom is 0.0714 e. The summed E-state index contributed by atoms with van der Waals surface area (Å²) in [6.07, 6.45) is -1.44. The van der Waals surface area contributed by atoms with E-state index in [-0.39, 0.29) is 47.5 Å². The van der Waals surface area contributed by atoms with Crippen LogP contribution >= 0.6 is 0 Å². The molecule has 9 aromatic rings. The van der Waals surface area contributed by atoms with Gasteiger partial charge in [-0.25, -0.2) is 0 Å². The molecule has 0 heterocycles. The summed E-state index contributed by atoms with van der Waals surface area (Å²) in [6.45, 7) is 4.35. The second-order valence-electron chi connectivity index (χ2n) is 16.9. The molecule has 0 spiro atoms. The molecule has 3 aliphatic carbocycles. The third-order valence-corrected chi connectivity index (χ3v) is 13.3. The van der Waals surface area contributed by atoms with E-state index in [0.717, 1.165) is 66.1 Å². The van der Waals surface area contributed by atoms with Gasteiger partial charge in [-0.1, -0.05) is 202 Å². The van der Waals surface area contributed by atoms with E-state index in [1.807, 2.05) is 133 Å². The summed E-state index contributed by atoms with van der Waals surface area (Å²) < 4.78 is 71.0.